The van der Waals surface area contributed by atoms with Gasteiger partial charge in [0, 0.05) is 36.9 Å². The van der Waals surface area contributed by atoms with Gasteiger partial charge >= 0.3 is 0 Å². The molecule has 0 saturated carbocycles. The summed E-state index contributed by atoms with van der Waals surface area (Å²) in [7, 11) is 0. The Kier molecular flexibility index (Phi) is 5.64. The number of carbonyl (C=O) groups is 1. The number of nitrogens with one attached hydrogen (secondary N) is 1. The van der Waals surface area contributed by atoms with Crippen molar-refractivity contribution >= 4 is 28.4 Å². The number of para-hydroxylation sites is 2. The molecule has 1 aromatic heterocycles. The van der Waals surface area contributed by atoms with Gasteiger partial charge in [-0.15, -0.1) is 0 Å². The molecule has 2 aromatic carbocycles. The lowest BCUT2D eigenvalue weighted by Gasteiger charge is -2.30. The second-order valence-corrected chi connectivity index (χ2v) is 8.84. The fraction of sp³-hybridized carbons (Fsp3) is 0.440. The second-order valence-electron chi connectivity index (χ2n) is 8.84. The van der Waals surface area contributed by atoms with Gasteiger partial charge in [-0.1, -0.05) is 12.1 Å². The Hall–Kier alpha value is -2.86. The maximum Gasteiger partial charge on any atom is 0.238 e. The van der Waals surface area contributed by atoms with E-state index in [-0.39, 0.29) is 11.8 Å². The van der Waals surface area contributed by atoms with E-state index >= 15 is 0 Å². The Labute approximate surface area is 183 Å². The summed E-state index contributed by atoms with van der Waals surface area (Å²) in [6, 6.07) is 14.2. The van der Waals surface area contributed by atoms with Crippen molar-refractivity contribution in [3.8, 4) is 0 Å². The number of aromatic nitrogens is 1. The van der Waals surface area contributed by atoms with Gasteiger partial charge < -0.3 is 14.6 Å². The normalized spacial score (nSPS) is 19.8. The number of fused-ring (bicyclic) bond motifs is 1. The van der Waals surface area contributed by atoms with Crippen LogP contribution in [0.25, 0.3) is 11.1 Å². The van der Waals surface area contributed by atoms with Gasteiger partial charge in [-0.05, 0) is 75.0 Å². The minimum Gasteiger partial charge on any atom is -0.440 e. The molecule has 0 spiro atoms. The number of anilines is 2. The van der Waals surface area contributed by atoms with E-state index < -0.39 is 0 Å². The van der Waals surface area contributed by atoms with Crippen molar-refractivity contribution in [2.75, 3.05) is 42.9 Å². The maximum absolute atomic E-state index is 12.8. The minimum absolute atomic E-state index is 0.0373. The molecule has 2 aliphatic heterocycles. The van der Waals surface area contributed by atoms with Gasteiger partial charge in [-0.2, -0.15) is 0 Å². The summed E-state index contributed by atoms with van der Waals surface area (Å²) in [5.74, 6) is 1.06. The van der Waals surface area contributed by atoms with Crippen molar-refractivity contribution in [2.24, 2.45) is 0 Å². The summed E-state index contributed by atoms with van der Waals surface area (Å²) >= 11 is 0. The Morgan fingerprint density at radius 2 is 1.97 bits per heavy atom. The highest BCUT2D eigenvalue weighted by Crippen LogP contribution is 2.29. The maximum atomic E-state index is 12.8. The second kappa shape index (κ2) is 8.71. The zero-order valence-corrected chi connectivity index (χ0v) is 18.1. The number of likely N-dealkylation sites (tertiary alicyclic amines) is 1. The topological polar surface area (TPSA) is 61.6 Å². The molecule has 2 fully saturated rings. The van der Waals surface area contributed by atoms with Crippen LogP contribution in [-0.2, 0) is 4.79 Å². The largest absolute Gasteiger partial charge is 0.440 e. The molecule has 1 amide bonds. The number of nitrogens with zero attached hydrogens (tertiary/aromatic N) is 3. The fourth-order valence-electron chi connectivity index (χ4n) is 4.82. The SMILES string of the molecule is Cc1cc(N2CCCC2)ccc1NC(=O)CN1CCCC(c2nc3ccccc3o2)C1. The zero-order chi connectivity index (χ0) is 21.2. The van der Waals surface area contributed by atoms with Crippen LogP contribution < -0.4 is 10.2 Å². The number of oxazole rings is 1. The molecule has 5 rings (SSSR count). The molecule has 31 heavy (non-hydrogen) atoms. The van der Waals surface area contributed by atoms with E-state index in [1.165, 1.54) is 18.5 Å². The Balaban J connectivity index is 1.20. The van der Waals surface area contributed by atoms with Gasteiger partial charge in [0.1, 0.15) is 5.52 Å². The quantitative estimate of drug-likeness (QED) is 0.658. The number of benzene rings is 2. The number of piperidine rings is 1. The number of hydrogen-bond donors (Lipinski definition) is 1. The lowest BCUT2D eigenvalue weighted by Crippen LogP contribution is -2.39. The third-order valence-corrected chi connectivity index (χ3v) is 6.49. The van der Waals surface area contributed by atoms with Crippen LogP contribution in [0.5, 0.6) is 0 Å². The zero-order valence-electron chi connectivity index (χ0n) is 18.1. The van der Waals surface area contributed by atoms with Crippen LogP contribution in [0.15, 0.2) is 46.9 Å². The predicted octanol–water partition coefficient (Wildman–Crippen LogP) is 4.55. The highest BCUT2D eigenvalue weighted by Gasteiger charge is 2.26. The lowest BCUT2D eigenvalue weighted by atomic mass is 9.98. The number of hydrogen-bond acceptors (Lipinski definition) is 5. The van der Waals surface area contributed by atoms with Crippen LogP contribution >= 0.6 is 0 Å². The molecule has 2 saturated heterocycles. The highest BCUT2D eigenvalue weighted by molar-refractivity contribution is 5.93. The molecule has 3 heterocycles. The predicted molar refractivity (Wildman–Crippen MR) is 124 cm³/mol. The van der Waals surface area contributed by atoms with E-state index in [2.05, 4.69) is 39.2 Å². The Morgan fingerprint density at radius 3 is 2.77 bits per heavy atom. The molecule has 6 heteroatoms. The van der Waals surface area contributed by atoms with Crippen molar-refractivity contribution in [2.45, 2.75) is 38.5 Å². The van der Waals surface area contributed by atoms with Crippen molar-refractivity contribution in [3.63, 3.8) is 0 Å². The summed E-state index contributed by atoms with van der Waals surface area (Å²) in [5, 5.41) is 3.11. The smallest absolute Gasteiger partial charge is 0.238 e. The Morgan fingerprint density at radius 1 is 1.13 bits per heavy atom. The van der Waals surface area contributed by atoms with Crippen molar-refractivity contribution < 1.29 is 9.21 Å². The van der Waals surface area contributed by atoms with E-state index in [1.807, 2.05) is 30.3 Å². The molecule has 3 aromatic rings. The van der Waals surface area contributed by atoms with Crippen molar-refractivity contribution in [1.29, 1.82) is 0 Å². The van der Waals surface area contributed by atoms with E-state index in [9.17, 15) is 4.79 Å². The summed E-state index contributed by atoms with van der Waals surface area (Å²) in [6.45, 7) is 6.44. The molecule has 162 valence electrons. The van der Waals surface area contributed by atoms with Crippen LogP contribution in [0.3, 0.4) is 0 Å². The number of aryl methyl sites for hydroxylation is 1. The molecule has 1 unspecified atom stereocenters. The summed E-state index contributed by atoms with van der Waals surface area (Å²) in [6.07, 6.45) is 4.61. The van der Waals surface area contributed by atoms with Gasteiger partial charge in [-0.3, -0.25) is 9.69 Å². The molecule has 0 bridgehead atoms. The lowest BCUT2D eigenvalue weighted by molar-refractivity contribution is -0.117. The van der Waals surface area contributed by atoms with Crippen LogP contribution in [0.4, 0.5) is 11.4 Å². The molecular formula is C25H30N4O2. The molecule has 6 nitrogen and oxygen atoms in total. The van der Waals surface area contributed by atoms with Crippen molar-refractivity contribution in [3.05, 3.63) is 53.9 Å². The average molecular weight is 419 g/mol. The fourth-order valence-corrected chi connectivity index (χ4v) is 4.82. The van der Waals surface area contributed by atoms with Gasteiger partial charge in [0.15, 0.2) is 11.5 Å². The van der Waals surface area contributed by atoms with Gasteiger partial charge in [0.2, 0.25) is 5.91 Å². The monoisotopic (exact) mass is 418 g/mol. The van der Waals surface area contributed by atoms with E-state index in [0.717, 1.165) is 67.3 Å². The molecule has 1 atom stereocenters. The standard InChI is InChI=1S/C25H30N4O2/c1-18-15-20(29-13-4-5-14-29)10-11-21(18)26-24(30)17-28-12-6-7-19(16-28)25-27-22-8-2-3-9-23(22)31-25/h2-3,8-11,15,19H,4-7,12-14,16-17H2,1H3,(H,26,30). The summed E-state index contributed by atoms with van der Waals surface area (Å²) < 4.78 is 5.98. The third-order valence-electron chi connectivity index (χ3n) is 6.49. The van der Waals surface area contributed by atoms with Gasteiger partial charge in [0.05, 0.1) is 6.54 Å². The number of carbonyl (C=O) groups excluding carboxylic acids is 1. The van der Waals surface area contributed by atoms with Crippen LogP contribution in [-0.4, -0.2) is 48.5 Å². The van der Waals surface area contributed by atoms with E-state index in [1.54, 1.807) is 0 Å². The highest BCUT2D eigenvalue weighted by atomic mass is 16.3. The minimum atomic E-state index is 0.0373. The first-order valence-electron chi connectivity index (χ1n) is 11.4. The van der Waals surface area contributed by atoms with E-state index in [0.29, 0.717) is 6.54 Å². The first kappa shape index (κ1) is 20.1. The summed E-state index contributed by atoms with van der Waals surface area (Å²) in [4.78, 5) is 22.1. The molecule has 1 N–H and O–H groups in total. The molecule has 0 aliphatic carbocycles. The van der Waals surface area contributed by atoms with Gasteiger partial charge in [-0.25, -0.2) is 4.98 Å². The number of rotatable bonds is 5. The van der Waals surface area contributed by atoms with Crippen molar-refractivity contribution in [1.82, 2.24) is 9.88 Å². The Bertz CT molecular complexity index is 1040. The third kappa shape index (κ3) is 4.44. The number of amides is 1. The van der Waals surface area contributed by atoms with Crippen LogP contribution in [0.2, 0.25) is 0 Å². The first-order chi connectivity index (χ1) is 15.2. The first-order valence-corrected chi connectivity index (χ1v) is 11.4. The molecular weight excluding hydrogens is 388 g/mol. The van der Waals surface area contributed by atoms with Crippen LogP contribution in [0, 0.1) is 6.92 Å². The van der Waals surface area contributed by atoms with Crippen LogP contribution in [0.1, 0.15) is 43.1 Å². The molecule has 2 aliphatic rings. The molecule has 0 radical (unpaired) electrons. The van der Waals surface area contributed by atoms with E-state index in [4.69, 9.17) is 4.42 Å². The summed E-state index contributed by atoms with van der Waals surface area (Å²) in [5.41, 5.74) is 5.01. The van der Waals surface area contributed by atoms with Gasteiger partial charge in [0.25, 0.3) is 0 Å². The average Bonchev–Trinajstić information content (AvgIpc) is 3.45.